The summed E-state index contributed by atoms with van der Waals surface area (Å²) in [7, 11) is 0. The monoisotopic (exact) mass is 375 g/mol. The van der Waals surface area contributed by atoms with Crippen LogP contribution in [0.25, 0.3) is 0 Å². The topological polar surface area (TPSA) is 64.4 Å². The van der Waals surface area contributed by atoms with E-state index in [1.165, 1.54) is 30.1 Å². The molecule has 0 aliphatic carbocycles. The van der Waals surface area contributed by atoms with Crippen molar-refractivity contribution in [3.05, 3.63) is 50.7 Å². The van der Waals surface area contributed by atoms with Crippen LogP contribution in [0.5, 0.6) is 0 Å². The molecule has 0 amide bonds. The highest BCUT2D eigenvalue weighted by molar-refractivity contribution is 7.98. The minimum absolute atomic E-state index is 0.121. The summed E-state index contributed by atoms with van der Waals surface area (Å²) in [4.78, 5) is 24.5. The molecule has 0 radical (unpaired) electrons. The van der Waals surface area contributed by atoms with Gasteiger partial charge in [0.15, 0.2) is 5.16 Å². The quantitative estimate of drug-likeness (QED) is 0.198. The molecule has 114 valence electrons. The number of carbonyl (C=O) groups excluding carboxylic acids is 1. The van der Waals surface area contributed by atoms with Gasteiger partial charge in [0.25, 0.3) is 0 Å². The number of nitrogens with zero attached hydrogens (tertiary/aromatic N) is 3. The first-order valence-corrected chi connectivity index (χ1v) is 8.14. The molecule has 0 fully saturated rings. The zero-order chi connectivity index (χ0) is 16.1. The molecule has 1 aromatic heterocycles. The molecule has 0 aliphatic rings. The summed E-state index contributed by atoms with van der Waals surface area (Å²) in [5, 5.41) is 4.75. The molecule has 0 saturated carbocycles. The highest BCUT2D eigenvalue weighted by Crippen LogP contribution is 2.22. The molecule has 0 atom stereocenters. The van der Waals surface area contributed by atoms with Gasteiger partial charge in [-0.3, -0.25) is 0 Å². The summed E-state index contributed by atoms with van der Waals surface area (Å²) in [6.07, 6.45) is 2.98. The molecule has 2 aromatic rings. The summed E-state index contributed by atoms with van der Waals surface area (Å²) in [5.41, 5.74) is 0.581. The summed E-state index contributed by atoms with van der Waals surface area (Å²) in [6.45, 7) is 0. The van der Waals surface area contributed by atoms with Gasteiger partial charge in [0.2, 0.25) is 0 Å². The Morgan fingerprint density at radius 2 is 1.77 bits per heavy atom. The molecular weight excluding hydrogens is 369 g/mol. The van der Waals surface area contributed by atoms with E-state index in [2.05, 4.69) is 15.1 Å². The normalized spacial score (nSPS) is 10.9. The highest BCUT2D eigenvalue weighted by atomic mass is 35.5. The lowest BCUT2D eigenvalue weighted by Crippen LogP contribution is -2.01. The van der Waals surface area contributed by atoms with Gasteiger partial charge in [-0.25, -0.2) is 14.8 Å². The zero-order valence-corrected chi connectivity index (χ0v) is 14.2. The zero-order valence-electron chi connectivity index (χ0n) is 11.1. The van der Waals surface area contributed by atoms with E-state index in [-0.39, 0.29) is 15.9 Å². The van der Waals surface area contributed by atoms with Gasteiger partial charge < -0.3 is 4.84 Å². The summed E-state index contributed by atoms with van der Waals surface area (Å²) in [5.74, 6) is -0.637. The largest absolute Gasteiger partial charge is 0.365 e. The third kappa shape index (κ3) is 4.33. The van der Waals surface area contributed by atoms with Crippen LogP contribution in [0.4, 0.5) is 0 Å². The van der Waals surface area contributed by atoms with Crippen LogP contribution in [-0.4, -0.2) is 28.4 Å². The fraction of sp³-hybridized carbons (Fsp3) is 0.0769. The van der Waals surface area contributed by atoms with Crippen LogP contribution in [0.3, 0.4) is 0 Å². The van der Waals surface area contributed by atoms with Crippen molar-refractivity contribution in [2.75, 3.05) is 6.26 Å². The van der Waals surface area contributed by atoms with E-state index >= 15 is 0 Å². The molecule has 0 N–H and O–H groups in total. The minimum Gasteiger partial charge on any atom is -0.313 e. The molecule has 0 bridgehead atoms. The Hall–Kier alpha value is -1.34. The Bertz CT molecular complexity index is 700. The van der Waals surface area contributed by atoms with Crippen LogP contribution in [0.15, 0.2) is 34.6 Å². The van der Waals surface area contributed by atoms with Crippen LogP contribution < -0.4 is 0 Å². The second-order valence-corrected chi connectivity index (χ2v) is 5.75. The van der Waals surface area contributed by atoms with E-state index in [0.29, 0.717) is 15.7 Å². The van der Waals surface area contributed by atoms with Crippen molar-refractivity contribution >= 4 is 58.7 Å². The van der Waals surface area contributed by atoms with E-state index in [9.17, 15) is 4.79 Å². The van der Waals surface area contributed by atoms with Crippen molar-refractivity contribution in [3.63, 3.8) is 0 Å². The standard InChI is InChI=1S/C13H8Cl3N3O2S/c1-22-13-18-10(15)9(11(16)19-13)6-17-21-12(20)7-2-4-8(14)5-3-7/h2-6H,1H3/b17-6+. The molecule has 0 unspecified atom stereocenters. The lowest BCUT2D eigenvalue weighted by Gasteiger charge is -2.02. The van der Waals surface area contributed by atoms with Crippen molar-refractivity contribution in [1.29, 1.82) is 0 Å². The lowest BCUT2D eigenvalue weighted by atomic mass is 10.2. The third-order valence-electron chi connectivity index (χ3n) is 2.41. The number of rotatable bonds is 4. The molecule has 9 heteroatoms. The number of halogens is 3. The van der Waals surface area contributed by atoms with E-state index in [4.69, 9.17) is 39.6 Å². The Balaban J connectivity index is 2.09. The predicted octanol–water partition coefficient (Wildman–Crippen LogP) is 4.35. The van der Waals surface area contributed by atoms with Gasteiger partial charge >= 0.3 is 5.97 Å². The predicted molar refractivity (Wildman–Crippen MR) is 88.3 cm³/mol. The van der Waals surface area contributed by atoms with Crippen molar-refractivity contribution in [3.8, 4) is 0 Å². The Morgan fingerprint density at radius 3 is 2.32 bits per heavy atom. The molecule has 0 aliphatic heterocycles. The van der Waals surface area contributed by atoms with Crippen LogP contribution in [0, 0.1) is 0 Å². The molecule has 1 aromatic carbocycles. The van der Waals surface area contributed by atoms with Gasteiger partial charge in [-0.2, -0.15) is 0 Å². The van der Waals surface area contributed by atoms with Gasteiger partial charge in [-0.1, -0.05) is 51.7 Å². The summed E-state index contributed by atoms with van der Waals surface area (Å²) >= 11 is 19.0. The van der Waals surface area contributed by atoms with Crippen molar-refractivity contribution in [2.24, 2.45) is 5.16 Å². The van der Waals surface area contributed by atoms with Crippen molar-refractivity contribution in [2.45, 2.75) is 5.16 Å². The van der Waals surface area contributed by atoms with Crippen molar-refractivity contribution in [1.82, 2.24) is 9.97 Å². The molecule has 1 heterocycles. The first-order valence-electron chi connectivity index (χ1n) is 5.78. The number of aromatic nitrogens is 2. The fourth-order valence-corrected chi connectivity index (χ4v) is 2.44. The van der Waals surface area contributed by atoms with Crippen LogP contribution in [0.2, 0.25) is 15.3 Å². The SMILES string of the molecule is CSc1nc(Cl)c(/C=N/OC(=O)c2ccc(Cl)cc2)c(Cl)n1. The van der Waals surface area contributed by atoms with Gasteiger partial charge in [-0.05, 0) is 30.5 Å². The fourth-order valence-electron chi connectivity index (χ4n) is 1.36. The molecular formula is C13H8Cl3N3O2S. The van der Waals surface area contributed by atoms with Gasteiger partial charge in [0, 0.05) is 5.02 Å². The van der Waals surface area contributed by atoms with E-state index < -0.39 is 5.97 Å². The molecule has 0 spiro atoms. The first-order chi connectivity index (χ1) is 10.5. The third-order valence-corrected chi connectivity index (χ3v) is 3.79. The number of oxime groups is 1. The second-order valence-electron chi connectivity index (χ2n) is 3.83. The smallest absolute Gasteiger partial charge is 0.313 e. The summed E-state index contributed by atoms with van der Waals surface area (Å²) < 4.78 is 0. The molecule has 2 rings (SSSR count). The number of benzene rings is 1. The number of carbonyl (C=O) groups is 1. The Labute approximate surface area is 145 Å². The maximum absolute atomic E-state index is 11.7. The summed E-state index contributed by atoms with van der Waals surface area (Å²) in [6, 6.07) is 6.20. The van der Waals surface area contributed by atoms with E-state index in [1.54, 1.807) is 18.4 Å². The van der Waals surface area contributed by atoms with E-state index in [0.717, 1.165) is 0 Å². The van der Waals surface area contributed by atoms with Crippen LogP contribution in [-0.2, 0) is 4.84 Å². The first kappa shape index (κ1) is 17.0. The maximum atomic E-state index is 11.7. The van der Waals surface area contributed by atoms with Crippen LogP contribution >= 0.6 is 46.6 Å². The van der Waals surface area contributed by atoms with Gasteiger partial charge in [0.05, 0.1) is 17.3 Å². The maximum Gasteiger partial charge on any atom is 0.365 e. The number of hydrogen-bond donors (Lipinski definition) is 0. The average Bonchev–Trinajstić information content (AvgIpc) is 2.50. The molecule has 5 nitrogen and oxygen atoms in total. The molecule has 22 heavy (non-hydrogen) atoms. The number of thioether (sulfide) groups is 1. The Kier molecular flexibility index (Phi) is 6.02. The van der Waals surface area contributed by atoms with Crippen molar-refractivity contribution < 1.29 is 9.63 Å². The second kappa shape index (κ2) is 7.78. The highest BCUT2D eigenvalue weighted by Gasteiger charge is 2.11. The van der Waals surface area contributed by atoms with E-state index in [1.807, 2.05) is 0 Å². The molecule has 0 saturated heterocycles. The lowest BCUT2D eigenvalue weighted by molar-refractivity contribution is 0.0519. The van der Waals surface area contributed by atoms with Gasteiger partial charge in [0.1, 0.15) is 10.3 Å². The number of hydrogen-bond acceptors (Lipinski definition) is 6. The average molecular weight is 377 g/mol. The Morgan fingerprint density at radius 1 is 1.18 bits per heavy atom. The van der Waals surface area contributed by atoms with Gasteiger partial charge in [-0.15, -0.1) is 0 Å². The minimum atomic E-state index is -0.637. The van der Waals surface area contributed by atoms with Crippen LogP contribution in [0.1, 0.15) is 15.9 Å².